The molecule has 3 rings (SSSR count). The standard InChI is InChI=1S/C16H20FNO2/c1-9(14-7-10-2-3-11(14)6-10)18-16(20)13-5-4-12(19)8-15(13)17/h4-5,8-11,14,19H,2-3,6-7H2,1H3,(H,18,20). The summed E-state index contributed by atoms with van der Waals surface area (Å²) in [6.45, 7) is 2.02. The number of rotatable bonds is 3. The molecule has 0 spiro atoms. The Hall–Kier alpha value is -1.58. The number of phenolic OH excluding ortho intramolecular Hbond substituents is 1. The van der Waals surface area contributed by atoms with Crippen molar-refractivity contribution in [1.29, 1.82) is 0 Å². The van der Waals surface area contributed by atoms with E-state index in [1.807, 2.05) is 6.92 Å². The molecule has 1 aromatic carbocycles. The third-order valence-corrected chi connectivity index (χ3v) is 4.99. The average Bonchev–Trinajstić information content (AvgIpc) is 3.00. The van der Waals surface area contributed by atoms with E-state index in [4.69, 9.17) is 0 Å². The van der Waals surface area contributed by atoms with Gasteiger partial charge in [0.1, 0.15) is 11.6 Å². The molecule has 0 heterocycles. The van der Waals surface area contributed by atoms with Crippen LogP contribution in [-0.4, -0.2) is 17.1 Å². The van der Waals surface area contributed by atoms with Crippen molar-refractivity contribution in [3.8, 4) is 5.75 Å². The maximum absolute atomic E-state index is 13.7. The van der Waals surface area contributed by atoms with Gasteiger partial charge in [0.15, 0.2) is 0 Å². The van der Waals surface area contributed by atoms with Gasteiger partial charge in [0.25, 0.3) is 5.91 Å². The highest BCUT2D eigenvalue weighted by Crippen LogP contribution is 2.49. The Morgan fingerprint density at radius 2 is 2.20 bits per heavy atom. The number of carbonyl (C=O) groups is 1. The lowest BCUT2D eigenvalue weighted by Gasteiger charge is -2.28. The molecule has 2 aliphatic rings. The number of fused-ring (bicyclic) bond motifs is 2. The first-order chi connectivity index (χ1) is 9.54. The topological polar surface area (TPSA) is 49.3 Å². The van der Waals surface area contributed by atoms with Crippen molar-refractivity contribution in [2.45, 2.75) is 38.6 Å². The third-order valence-electron chi connectivity index (χ3n) is 4.99. The molecule has 3 nitrogen and oxygen atoms in total. The van der Waals surface area contributed by atoms with Gasteiger partial charge < -0.3 is 10.4 Å². The van der Waals surface area contributed by atoms with Gasteiger partial charge in [-0.2, -0.15) is 0 Å². The van der Waals surface area contributed by atoms with Gasteiger partial charge in [-0.05, 0) is 56.1 Å². The number of phenols is 1. The molecule has 0 aliphatic heterocycles. The normalized spacial score (nSPS) is 29.4. The molecule has 0 aromatic heterocycles. The van der Waals surface area contributed by atoms with Crippen LogP contribution in [0.3, 0.4) is 0 Å². The first-order valence-corrected chi connectivity index (χ1v) is 7.34. The van der Waals surface area contributed by atoms with Crippen molar-refractivity contribution in [2.24, 2.45) is 17.8 Å². The van der Waals surface area contributed by atoms with Crippen molar-refractivity contribution in [2.75, 3.05) is 0 Å². The van der Waals surface area contributed by atoms with Crippen LogP contribution < -0.4 is 5.32 Å². The van der Waals surface area contributed by atoms with Crippen LogP contribution in [-0.2, 0) is 0 Å². The zero-order chi connectivity index (χ0) is 14.3. The molecule has 0 radical (unpaired) electrons. The first kappa shape index (κ1) is 13.4. The van der Waals surface area contributed by atoms with Crippen molar-refractivity contribution >= 4 is 5.91 Å². The Morgan fingerprint density at radius 3 is 2.80 bits per heavy atom. The Morgan fingerprint density at radius 1 is 1.40 bits per heavy atom. The van der Waals surface area contributed by atoms with Gasteiger partial charge in [0.2, 0.25) is 0 Å². The summed E-state index contributed by atoms with van der Waals surface area (Å²) < 4.78 is 13.7. The Kier molecular flexibility index (Phi) is 3.40. The molecule has 2 aliphatic carbocycles. The molecular formula is C16H20FNO2. The van der Waals surface area contributed by atoms with Gasteiger partial charge in [0, 0.05) is 12.1 Å². The third kappa shape index (κ3) is 2.39. The molecule has 20 heavy (non-hydrogen) atoms. The van der Waals surface area contributed by atoms with Gasteiger partial charge in [-0.1, -0.05) is 6.42 Å². The number of hydrogen-bond acceptors (Lipinski definition) is 2. The lowest BCUT2D eigenvalue weighted by molar-refractivity contribution is 0.0911. The summed E-state index contributed by atoms with van der Waals surface area (Å²) >= 11 is 0. The van der Waals surface area contributed by atoms with Crippen molar-refractivity contribution in [3.05, 3.63) is 29.6 Å². The number of hydrogen-bond donors (Lipinski definition) is 2. The lowest BCUT2D eigenvalue weighted by atomic mass is 9.84. The zero-order valence-electron chi connectivity index (χ0n) is 11.6. The van der Waals surface area contributed by atoms with Gasteiger partial charge in [-0.3, -0.25) is 4.79 Å². The van der Waals surface area contributed by atoms with E-state index in [-0.39, 0.29) is 17.4 Å². The highest BCUT2D eigenvalue weighted by molar-refractivity contribution is 5.94. The van der Waals surface area contributed by atoms with E-state index in [1.54, 1.807) is 0 Å². The number of halogens is 1. The molecule has 4 atom stereocenters. The number of benzene rings is 1. The summed E-state index contributed by atoms with van der Waals surface area (Å²) in [6.07, 6.45) is 5.07. The van der Waals surface area contributed by atoms with E-state index >= 15 is 0 Å². The Labute approximate surface area is 118 Å². The SMILES string of the molecule is CC(NC(=O)c1ccc(O)cc1F)C1CC2CCC1C2. The molecule has 2 bridgehead atoms. The van der Waals surface area contributed by atoms with E-state index in [2.05, 4.69) is 5.32 Å². The van der Waals surface area contributed by atoms with E-state index in [0.29, 0.717) is 5.92 Å². The van der Waals surface area contributed by atoms with Gasteiger partial charge in [0.05, 0.1) is 5.56 Å². The number of carbonyl (C=O) groups excluding carboxylic acids is 1. The van der Waals surface area contributed by atoms with Crippen LogP contribution in [0.2, 0.25) is 0 Å². The van der Waals surface area contributed by atoms with Crippen LogP contribution in [0.4, 0.5) is 4.39 Å². The summed E-state index contributed by atoms with van der Waals surface area (Å²) in [5, 5.41) is 12.1. The molecule has 0 saturated heterocycles. The smallest absolute Gasteiger partial charge is 0.254 e. The minimum Gasteiger partial charge on any atom is -0.508 e. The molecule has 4 heteroatoms. The average molecular weight is 277 g/mol. The molecule has 1 amide bonds. The molecule has 1 aromatic rings. The summed E-state index contributed by atoms with van der Waals surface area (Å²) in [4.78, 5) is 12.1. The predicted octanol–water partition coefficient (Wildman–Crippen LogP) is 3.09. The van der Waals surface area contributed by atoms with Crippen LogP contribution >= 0.6 is 0 Å². The summed E-state index contributed by atoms with van der Waals surface area (Å²) in [5.41, 5.74) is -0.00203. The minimum atomic E-state index is -0.678. The Balaban J connectivity index is 1.66. The summed E-state index contributed by atoms with van der Waals surface area (Å²) in [7, 11) is 0. The lowest BCUT2D eigenvalue weighted by Crippen LogP contribution is -2.40. The largest absolute Gasteiger partial charge is 0.508 e. The fourth-order valence-corrected chi connectivity index (χ4v) is 3.99. The second-order valence-electron chi connectivity index (χ2n) is 6.27. The van der Waals surface area contributed by atoms with Crippen LogP contribution in [0.15, 0.2) is 18.2 Å². The van der Waals surface area contributed by atoms with Crippen molar-refractivity contribution in [3.63, 3.8) is 0 Å². The van der Waals surface area contributed by atoms with Crippen molar-refractivity contribution in [1.82, 2.24) is 5.32 Å². The molecule has 4 unspecified atom stereocenters. The van der Waals surface area contributed by atoms with Crippen LogP contribution in [0.5, 0.6) is 5.75 Å². The molecule has 2 saturated carbocycles. The molecular weight excluding hydrogens is 257 g/mol. The number of nitrogens with one attached hydrogen (secondary N) is 1. The summed E-state index contributed by atoms with van der Waals surface area (Å²) in [6, 6.07) is 3.70. The van der Waals surface area contributed by atoms with Crippen LogP contribution in [0, 0.1) is 23.6 Å². The first-order valence-electron chi connectivity index (χ1n) is 7.34. The van der Waals surface area contributed by atoms with Crippen molar-refractivity contribution < 1.29 is 14.3 Å². The maximum Gasteiger partial charge on any atom is 0.254 e. The molecule has 108 valence electrons. The highest BCUT2D eigenvalue weighted by atomic mass is 19.1. The predicted molar refractivity (Wildman–Crippen MR) is 73.9 cm³/mol. The monoisotopic (exact) mass is 277 g/mol. The molecule has 2 N–H and O–H groups in total. The quantitative estimate of drug-likeness (QED) is 0.892. The maximum atomic E-state index is 13.7. The second-order valence-corrected chi connectivity index (χ2v) is 6.27. The second kappa shape index (κ2) is 5.08. The van der Waals surface area contributed by atoms with Crippen LogP contribution in [0.1, 0.15) is 43.0 Å². The van der Waals surface area contributed by atoms with E-state index < -0.39 is 11.7 Å². The van der Waals surface area contributed by atoms with Gasteiger partial charge in [-0.25, -0.2) is 4.39 Å². The molecule has 2 fully saturated rings. The summed E-state index contributed by atoms with van der Waals surface area (Å²) in [5.74, 6) is 0.841. The highest BCUT2D eigenvalue weighted by Gasteiger charge is 2.42. The van der Waals surface area contributed by atoms with Crippen LogP contribution in [0.25, 0.3) is 0 Å². The number of amides is 1. The zero-order valence-corrected chi connectivity index (χ0v) is 11.6. The van der Waals surface area contributed by atoms with E-state index in [0.717, 1.165) is 17.9 Å². The minimum absolute atomic E-state index is 0.00203. The van der Waals surface area contributed by atoms with Gasteiger partial charge >= 0.3 is 0 Å². The Bertz CT molecular complexity index is 531. The fraction of sp³-hybridized carbons (Fsp3) is 0.562. The van der Waals surface area contributed by atoms with E-state index in [9.17, 15) is 14.3 Å². The van der Waals surface area contributed by atoms with E-state index in [1.165, 1.54) is 37.8 Å². The van der Waals surface area contributed by atoms with Gasteiger partial charge in [-0.15, -0.1) is 0 Å². The fourth-order valence-electron chi connectivity index (χ4n) is 3.99. The number of aromatic hydroxyl groups is 1.